The number of aromatic nitrogens is 3. The first kappa shape index (κ1) is 22.3. The summed E-state index contributed by atoms with van der Waals surface area (Å²) in [7, 11) is 0. The lowest BCUT2D eigenvalue weighted by atomic mass is 10.1. The molecule has 0 saturated carbocycles. The van der Waals surface area contributed by atoms with Crippen LogP contribution in [0.15, 0.2) is 60.0 Å². The molecule has 0 atom stereocenters. The van der Waals surface area contributed by atoms with Crippen molar-refractivity contribution < 1.29 is 9.53 Å². The van der Waals surface area contributed by atoms with Crippen molar-refractivity contribution in [2.24, 2.45) is 0 Å². The van der Waals surface area contributed by atoms with Crippen LogP contribution in [0.3, 0.4) is 0 Å². The Bertz CT molecular complexity index is 1270. The van der Waals surface area contributed by atoms with E-state index in [0.717, 1.165) is 65.3 Å². The first-order chi connectivity index (χ1) is 16.6. The molecule has 2 aromatic carbocycles. The van der Waals surface area contributed by atoms with Crippen molar-refractivity contribution in [1.82, 2.24) is 14.8 Å². The Balaban J connectivity index is 1.27. The van der Waals surface area contributed by atoms with Gasteiger partial charge in [-0.1, -0.05) is 42.5 Å². The largest absolute Gasteiger partial charge is 0.378 e. The minimum Gasteiger partial charge on any atom is -0.378 e. The highest BCUT2D eigenvalue weighted by Gasteiger charge is 2.19. The van der Waals surface area contributed by atoms with Gasteiger partial charge in [0.05, 0.1) is 36.7 Å². The van der Waals surface area contributed by atoms with E-state index in [1.165, 1.54) is 0 Å². The Morgan fingerprint density at radius 2 is 1.79 bits per heavy atom. The van der Waals surface area contributed by atoms with Crippen molar-refractivity contribution in [3.63, 3.8) is 0 Å². The van der Waals surface area contributed by atoms with Gasteiger partial charge in [0, 0.05) is 35.4 Å². The van der Waals surface area contributed by atoms with Gasteiger partial charge in [-0.3, -0.25) is 9.48 Å². The quantitative estimate of drug-likeness (QED) is 0.437. The van der Waals surface area contributed by atoms with E-state index in [1.54, 1.807) is 11.3 Å². The van der Waals surface area contributed by atoms with Gasteiger partial charge in [0.2, 0.25) is 0 Å². The molecule has 1 amide bonds. The fourth-order valence-electron chi connectivity index (χ4n) is 4.15. The summed E-state index contributed by atoms with van der Waals surface area (Å²) in [5, 5.41) is 10.7. The molecule has 1 fully saturated rings. The van der Waals surface area contributed by atoms with Gasteiger partial charge in [0.15, 0.2) is 5.13 Å². The molecule has 8 heteroatoms. The van der Waals surface area contributed by atoms with E-state index in [1.807, 2.05) is 61.0 Å². The number of rotatable bonds is 6. The smallest absolute Gasteiger partial charge is 0.259 e. The predicted octanol–water partition coefficient (Wildman–Crippen LogP) is 4.76. The maximum atomic E-state index is 13.1. The molecule has 2 aromatic heterocycles. The van der Waals surface area contributed by atoms with Crippen LogP contribution in [0.25, 0.3) is 11.3 Å². The summed E-state index contributed by atoms with van der Waals surface area (Å²) in [6, 6.07) is 17.9. The van der Waals surface area contributed by atoms with Crippen LogP contribution in [0.4, 0.5) is 10.8 Å². The number of hydrogen-bond acceptors (Lipinski definition) is 6. The van der Waals surface area contributed by atoms with Crippen LogP contribution < -0.4 is 10.2 Å². The Morgan fingerprint density at radius 3 is 2.53 bits per heavy atom. The number of anilines is 2. The van der Waals surface area contributed by atoms with Crippen molar-refractivity contribution in [1.29, 1.82) is 0 Å². The van der Waals surface area contributed by atoms with Crippen molar-refractivity contribution >= 4 is 28.1 Å². The molecule has 174 valence electrons. The van der Waals surface area contributed by atoms with Crippen LogP contribution in [0, 0.1) is 13.8 Å². The number of benzene rings is 2. The fourth-order valence-corrected chi connectivity index (χ4v) is 5.04. The highest BCUT2D eigenvalue weighted by Crippen LogP contribution is 2.29. The van der Waals surface area contributed by atoms with E-state index >= 15 is 0 Å². The molecule has 0 unspecified atom stereocenters. The summed E-state index contributed by atoms with van der Waals surface area (Å²) in [6.07, 6.45) is 0. The summed E-state index contributed by atoms with van der Waals surface area (Å²) >= 11 is 1.65. The number of aryl methyl sites for hydroxylation is 1. The number of ether oxygens (including phenoxy) is 1. The number of thiazole rings is 1. The molecule has 4 aromatic rings. The Kier molecular flexibility index (Phi) is 6.42. The molecule has 1 aliphatic heterocycles. The molecule has 5 rings (SSSR count). The number of nitrogens with zero attached hydrogens (tertiary/aromatic N) is 4. The Hall–Kier alpha value is -3.49. The molecule has 3 heterocycles. The topological polar surface area (TPSA) is 72.3 Å². The normalized spacial score (nSPS) is 13.8. The van der Waals surface area contributed by atoms with E-state index in [4.69, 9.17) is 9.72 Å². The predicted molar refractivity (Wildman–Crippen MR) is 136 cm³/mol. The lowest BCUT2D eigenvalue weighted by molar-refractivity contribution is 0.102. The maximum absolute atomic E-state index is 13.1. The molecule has 0 aliphatic carbocycles. The van der Waals surface area contributed by atoms with Crippen LogP contribution >= 0.6 is 11.3 Å². The fraction of sp³-hybridized carbons (Fsp3) is 0.269. The van der Waals surface area contributed by atoms with Crippen molar-refractivity contribution in [2.45, 2.75) is 20.4 Å². The zero-order valence-electron chi connectivity index (χ0n) is 19.3. The second-order valence-corrected chi connectivity index (χ2v) is 9.17. The molecule has 0 spiro atoms. The Labute approximate surface area is 203 Å². The molecular weight excluding hydrogens is 446 g/mol. The van der Waals surface area contributed by atoms with Gasteiger partial charge in [0.25, 0.3) is 5.91 Å². The average molecular weight is 474 g/mol. The number of morpholine rings is 1. The molecular formula is C26H27N5O2S. The van der Waals surface area contributed by atoms with E-state index in [2.05, 4.69) is 32.8 Å². The third-order valence-electron chi connectivity index (χ3n) is 6.00. The molecule has 34 heavy (non-hydrogen) atoms. The van der Waals surface area contributed by atoms with Crippen LogP contribution in [-0.4, -0.2) is 47.0 Å². The van der Waals surface area contributed by atoms with Gasteiger partial charge in [-0.2, -0.15) is 5.10 Å². The minimum atomic E-state index is -0.148. The molecule has 7 nitrogen and oxygen atoms in total. The van der Waals surface area contributed by atoms with Crippen LogP contribution in [0.5, 0.6) is 0 Å². The Morgan fingerprint density at radius 1 is 1.06 bits per heavy atom. The standard InChI is InChI=1S/C26H27N5O2S/c1-18-24(19(2)31(29-18)16-20-6-4-3-5-7-20)25(32)27-22-10-8-21(9-11-22)23-17-34-26(28-23)30-12-14-33-15-13-30/h3-11,17H,12-16H2,1-2H3,(H,27,32). The van der Waals surface area contributed by atoms with Crippen molar-refractivity contribution in [3.05, 3.63) is 82.5 Å². The summed E-state index contributed by atoms with van der Waals surface area (Å²) in [6.45, 7) is 7.68. The van der Waals surface area contributed by atoms with Crippen LogP contribution in [0.2, 0.25) is 0 Å². The van der Waals surface area contributed by atoms with Gasteiger partial charge in [0.1, 0.15) is 0 Å². The molecule has 1 aliphatic rings. The number of amides is 1. The summed E-state index contributed by atoms with van der Waals surface area (Å²) in [5.74, 6) is -0.148. The lowest BCUT2D eigenvalue weighted by Gasteiger charge is -2.26. The molecule has 1 saturated heterocycles. The zero-order chi connectivity index (χ0) is 23.5. The van der Waals surface area contributed by atoms with Gasteiger partial charge in [-0.05, 0) is 31.5 Å². The van der Waals surface area contributed by atoms with Crippen molar-refractivity contribution in [3.8, 4) is 11.3 Å². The third-order valence-corrected chi connectivity index (χ3v) is 6.90. The number of nitrogens with one attached hydrogen (secondary N) is 1. The van der Waals surface area contributed by atoms with E-state index in [9.17, 15) is 4.79 Å². The SMILES string of the molecule is Cc1nn(Cc2ccccc2)c(C)c1C(=O)Nc1ccc(-c2csc(N3CCOCC3)n2)cc1. The number of carbonyl (C=O) groups excluding carboxylic acids is 1. The first-order valence-corrected chi connectivity index (χ1v) is 12.2. The summed E-state index contributed by atoms with van der Waals surface area (Å²) < 4.78 is 7.31. The van der Waals surface area contributed by atoms with Gasteiger partial charge in [-0.15, -0.1) is 11.3 Å². The van der Waals surface area contributed by atoms with Gasteiger partial charge >= 0.3 is 0 Å². The van der Waals surface area contributed by atoms with E-state index in [-0.39, 0.29) is 5.91 Å². The summed E-state index contributed by atoms with van der Waals surface area (Å²) in [4.78, 5) is 20.1. The molecule has 1 N–H and O–H groups in total. The van der Waals surface area contributed by atoms with Gasteiger partial charge < -0.3 is 15.0 Å². The van der Waals surface area contributed by atoms with Gasteiger partial charge in [-0.25, -0.2) is 4.98 Å². The summed E-state index contributed by atoms with van der Waals surface area (Å²) in [5.41, 5.74) is 6.06. The second kappa shape index (κ2) is 9.79. The van der Waals surface area contributed by atoms with Crippen molar-refractivity contribution in [2.75, 3.05) is 36.5 Å². The number of carbonyl (C=O) groups is 1. The minimum absolute atomic E-state index is 0.148. The van der Waals surface area contributed by atoms with Crippen LogP contribution in [-0.2, 0) is 11.3 Å². The second-order valence-electron chi connectivity index (χ2n) is 8.34. The van der Waals surface area contributed by atoms with Crippen LogP contribution in [0.1, 0.15) is 27.3 Å². The maximum Gasteiger partial charge on any atom is 0.259 e. The highest BCUT2D eigenvalue weighted by molar-refractivity contribution is 7.14. The average Bonchev–Trinajstić information content (AvgIpc) is 3.46. The lowest BCUT2D eigenvalue weighted by Crippen LogP contribution is -2.36. The molecule has 0 radical (unpaired) electrons. The third kappa shape index (κ3) is 4.73. The van der Waals surface area contributed by atoms with E-state index in [0.29, 0.717) is 12.1 Å². The number of hydrogen-bond donors (Lipinski definition) is 1. The zero-order valence-corrected chi connectivity index (χ0v) is 20.1. The first-order valence-electron chi connectivity index (χ1n) is 11.4. The molecule has 0 bridgehead atoms. The highest BCUT2D eigenvalue weighted by atomic mass is 32.1. The monoisotopic (exact) mass is 473 g/mol. The van der Waals surface area contributed by atoms with E-state index < -0.39 is 0 Å².